The smallest absolute Gasteiger partial charge is 0.00197 e. The van der Waals surface area contributed by atoms with Crippen LogP contribution in [0, 0.1) is 0 Å². The van der Waals surface area contributed by atoms with Crippen molar-refractivity contribution in [2.45, 2.75) is 0 Å². The molecule has 0 N–H and O–H groups in total. The molecular formula is C44H28. The van der Waals surface area contributed by atoms with Gasteiger partial charge in [-0.1, -0.05) is 122 Å². The van der Waals surface area contributed by atoms with Gasteiger partial charge in [0.25, 0.3) is 0 Å². The molecule has 0 atom stereocenters. The van der Waals surface area contributed by atoms with E-state index in [-0.39, 0.29) is 0 Å². The van der Waals surface area contributed by atoms with Crippen LogP contribution in [0.15, 0.2) is 147 Å². The van der Waals surface area contributed by atoms with Crippen LogP contribution in [-0.4, -0.2) is 0 Å². The molecule has 0 aliphatic carbocycles. The summed E-state index contributed by atoms with van der Waals surface area (Å²) in [4.78, 5) is 0. The maximum Gasteiger partial charge on any atom is -0.00197 e. The summed E-state index contributed by atoms with van der Waals surface area (Å²) in [7, 11) is 0. The molecular weight excluding hydrogens is 528 g/mol. The Morgan fingerprint density at radius 3 is 1.18 bits per heavy atom. The highest BCUT2D eigenvalue weighted by molar-refractivity contribution is 6.35. The summed E-state index contributed by atoms with van der Waals surface area (Å²) in [6.07, 6.45) is 3.95. The largest absolute Gasteiger partial charge is 0.0985 e. The normalized spacial score (nSPS) is 11.8. The van der Waals surface area contributed by atoms with E-state index in [9.17, 15) is 0 Å². The average Bonchev–Trinajstić information content (AvgIpc) is 3.09. The second-order valence-corrected chi connectivity index (χ2v) is 11.8. The maximum atomic E-state index is 4.19. The highest BCUT2D eigenvalue weighted by Crippen LogP contribution is 2.46. The predicted molar refractivity (Wildman–Crippen MR) is 194 cm³/mol. The first-order valence-electron chi connectivity index (χ1n) is 15.2. The van der Waals surface area contributed by atoms with E-state index in [1.54, 1.807) is 0 Å². The van der Waals surface area contributed by atoms with Crippen LogP contribution in [0.1, 0.15) is 11.1 Å². The first-order chi connectivity index (χ1) is 21.7. The number of hydrogen-bond acceptors (Lipinski definition) is 0. The molecule has 204 valence electrons. The van der Waals surface area contributed by atoms with Crippen molar-refractivity contribution in [2.24, 2.45) is 0 Å². The molecule has 0 heteroatoms. The van der Waals surface area contributed by atoms with Gasteiger partial charge >= 0.3 is 0 Å². The molecule has 0 nitrogen and oxygen atoms in total. The van der Waals surface area contributed by atoms with Gasteiger partial charge in [0.05, 0.1) is 0 Å². The van der Waals surface area contributed by atoms with E-state index in [1.807, 2.05) is 12.2 Å². The van der Waals surface area contributed by atoms with Crippen molar-refractivity contribution in [2.75, 3.05) is 0 Å². The minimum absolute atomic E-state index is 1.12. The maximum absolute atomic E-state index is 4.19. The predicted octanol–water partition coefficient (Wildman–Crippen LogP) is 12.7. The Labute approximate surface area is 256 Å². The zero-order chi connectivity index (χ0) is 29.4. The van der Waals surface area contributed by atoms with E-state index in [4.69, 9.17) is 0 Å². The minimum Gasteiger partial charge on any atom is -0.0985 e. The summed E-state index contributed by atoms with van der Waals surface area (Å²) in [6, 6.07) is 49.3. The molecule has 0 aliphatic rings. The highest BCUT2D eigenvalue weighted by Gasteiger charge is 2.19. The van der Waals surface area contributed by atoms with E-state index < -0.39 is 0 Å². The lowest BCUT2D eigenvalue weighted by Gasteiger charge is -2.20. The van der Waals surface area contributed by atoms with Gasteiger partial charge in [0, 0.05) is 0 Å². The molecule has 9 aromatic rings. The summed E-state index contributed by atoms with van der Waals surface area (Å²) >= 11 is 0. The third-order valence-electron chi connectivity index (χ3n) is 9.45. The lowest BCUT2D eigenvalue weighted by atomic mass is 9.83. The van der Waals surface area contributed by atoms with E-state index in [0.29, 0.717) is 0 Å². The molecule has 0 unspecified atom stereocenters. The van der Waals surface area contributed by atoms with E-state index in [1.165, 1.54) is 86.9 Å². The lowest BCUT2D eigenvalue weighted by molar-refractivity contribution is 1.68. The van der Waals surface area contributed by atoms with Crippen LogP contribution in [0.3, 0.4) is 0 Å². The topological polar surface area (TPSA) is 0 Å². The molecule has 0 saturated heterocycles. The summed E-state index contributed by atoms with van der Waals surface area (Å²) in [5.74, 6) is 0. The van der Waals surface area contributed by atoms with Gasteiger partial charge in [0.15, 0.2) is 0 Å². The van der Waals surface area contributed by atoms with Crippen LogP contribution in [-0.2, 0) is 0 Å². The van der Waals surface area contributed by atoms with Crippen LogP contribution in [0.25, 0.3) is 99.0 Å². The summed E-state index contributed by atoms with van der Waals surface area (Å²) < 4.78 is 0. The Hall–Kier alpha value is -5.72. The van der Waals surface area contributed by atoms with E-state index in [0.717, 1.165) is 11.1 Å². The minimum atomic E-state index is 1.12. The fourth-order valence-electron chi connectivity index (χ4n) is 7.34. The van der Waals surface area contributed by atoms with Crippen LogP contribution < -0.4 is 0 Å². The van der Waals surface area contributed by atoms with Crippen LogP contribution in [0.2, 0.25) is 0 Å². The highest BCUT2D eigenvalue weighted by atomic mass is 14.2. The molecule has 44 heavy (non-hydrogen) atoms. The molecule has 0 heterocycles. The van der Waals surface area contributed by atoms with Gasteiger partial charge < -0.3 is 0 Å². The Kier molecular flexibility index (Phi) is 5.30. The Balaban J connectivity index is 1.41. The van der Waals surface area contributed by atoms with Gasteiger partial charge in [-0.2, -0.15) is 0 Å². The molecule has 0 amide bonds. The van der Waals surface area contributed by atoms with Gasteiger partial charge in [-0.15, -0.1) is 0 Å². The second kappa shape index (κ2) is 9.39. The van der Waals surface area contributed by atoms with Gasteiger partial charge in [-0.25, -0.2) is 0 Å². The summed E-state index contributed by atoms with van der Waals surface area (Å²) in [5, 5.41) is 15.2. The summed E-state index contributed by atoms with van der Waals surface area (Å²) in [6.45, 7) is 8.37. The van der Waals surface area contributed by atoms with Gasteiger partial charge in [0.2, 0.25) is 0 Å². The van der Waals surface area contributed by atoms with Gasteiger partial charge in [-0.3, -0.25) is 0 Å². The quantitative estimate of drug-likeness (QED) is 0.149. The zero-order valence-corrected chi connectivity index (χ0v) is 24.3. The molecule has 0 aliphatic heterocycles. The Morgan fingerprint density at radius 1 is 0.341 bits per heavy atom. The third-order valence-corrected chi connectivity index (χ3v) is 9.45. The monoisotopic (exact) mass is 556 g/mol. The first kappa shape index (κ1) is 24.8. The first-order valence-corrected chi connectivity index (χ1v) is 15.2. The van der Waals surface area contributed by atoms with Crippen LogP contribution in [0.4, 0.5) is 0 Å². The second-order valence-electron chi connectivity index (χ2n) is 11.8. The molecule has 0 bridgehead atoms. The number of hydrogen-bond donors (Lipinski definition) is 0. The van der Waals surface area contributed by atoms with Crippen molar-refractivity contribution in [3.8, 4) is 22.3 Å². The van der Waals surface area contributed by atoms with Crippen molar-refractivity contribution >= 4 is 76.8 Å². The molecule has 0 fully saturated rings. The van der Waals surface area contributed by atoms with Gasteiger partial charge in [0.1, 0.15) is 0 Å². The van der Waals surface area contributed by atoms with E-state index in [2.05, 4.69) is 147 Å². The standard InChI is InChI=1S/C44H28/c1-3-27-21-39-35(33-15-13-29-9-5-7-11-31(29)25-33)17-19-37-38-20-18-36(34-16-14-30-10-6-8-12-32(30)26-34)40-22-28(4-2)24-42(44(38)40)41(23-27)43(37)39/h3-26H,1-2H2. The third kappa shape index (κ3) is 3.58. The molecule has 9 rings (SSSR count). The lowest BCUT2D eigenvalue weighted by Crippen LogP contribution is -1.93. The van der Waals surface area contributed by atoms with Crippen LogP contribution >= 0.6 is 0 Å². The van der Waals surface area contributed by atoms with Crippen molar-refractivity contribution in [1.82, 2.24) is 0 Å². The molecule has 0 aromatic heterocycles. The zero-order valence-electron chi connectivity index (χ0n) is 24.3. The molecule has 0 saturated carbocycles. The van der Waals surface area contributed by atoms with Gasteiger partial charge in [-0.05, 0) is 134 Å². The van der Waals surface area contributed by atoms with Crippen molar-refractivity contribution in [3.05, 3.63) is 158 Å². The van der Waals surface area contributed by atoms with Crippen molar-refractivity contribution in [3.63, 3.8) is 0 Å². The number of benzene rings is 9. The molecule has 9 aromatic carbocycles. The van der Waals surface area contributed by atoms with E-state index >= 15 is 0 Å². The Bertz CT molecular complexity index is 2450. The SMILES string of the molecule is C=Cc1cc2c(-c3ccc4ccccc4c3)ccc3c4ccc(-c5ccc6ccccc6c5)c5cc(C=C)cc(c(c1)c23)c54. The fourth-order valence-corrected chi connectivity index (χ4v) is 7.34. The van der Waals surface area contributed by atoms with Crippen molar-refractivity contribution in [1.29, 1.82) is 0 Å². The summed E-state index contributed by atoms with van der Waals surface area (Å²) in [5.41, 5.74) is 7.18. The number of fused-ring (bicyclic) bond motifs is 4. The Morgan fingerprint density at radius 2 is 0.750 bits per heavy atom. The average molecular weight is 557 g/mol. The molecule has 0 spiro atoms. The fraction of sp³-hybridized carbons (Fsp3) is 0. The van der Waals surface area contributed by atoms with Crippen molar-refractivity contribution < 1.29 is 0 Å². The van der Waals surface area contributed by atoms with Crippen LogP contribution in [0.5, 0.6) is 0 Å². The number of rotatable bonds is 4. The molecule has 0 radical (unpaired) electrons.